The highest BCUT2D eigenvalue weighted by atomic mass is 35.5. The van der Waals surface area contributed by atoms with E-state index in [9.17, 15) is 13.2 Å². The molecule has 0 aliphatic carbocycles. The second-order valence-electron chi connectivity index (χ2n) is 7.12. The molecule has 0 atom stereocenters. The van der Waals surface area contributed by atoms with Crippen LogP contribution in [0.4, 0.5) is 0 Å². The number of thiophene rings is 1. The molecule has 3 aromatic rings. The van der Waals surface area contributed by atoms with Crippen LogP contribution in [0.3, 0.4) is 0 Å². The summed E-state index contributed by atoms with van der Waals surface area (Å²) < 4.78 is 29.4. The summed E-state index contributed by atoms with van der Waals surface area (Å²) in [7, 11) is -3.52. The summed E-state index contributed by atoms with van der Waals surface area (Å²) >= 11 is 7.70. The molecule has 4 rings (SSSR count). The SMILES string of the molecule is Cc1nn(-c2ccccc2)c(Cl)c1C(=O)N1CCC(NS(=O)(=O)c2cccs2)CC1. The van der Waals surface area contributed by atoms with Crippen molar-refractivity contribution in [3.8, 4) is 5.69 Å². The van der Waals surface area contributed by atoms with Crippen molar-refractivity contribution in [2.45, 2.75) is 30.0 Å². The zero-order chi connectivity index (χ0) is 21.3. The molecule has 0 spiro atoms. The Labute approximate surface area is 184 Å². The fourth-order valence-electron chi connectivity index (χ4n) is 3.53. The molecule has 1 N–H and O–H groups in total. The Morgan fingerprint density at radius 3 is 2.50 bits per heavy atom. The van der Waals surface area contributed by atoms with Gasteiger partial charge in [0.15, 0.2) is 0 Å². The van der Waals surface area contributed by atoms with Crippen molar-refractivity contribution in [2.24, 2.45) is 0 Å². The number of rotatable bonds is 5. The van der Waals surface area contributed by atoms with Gasteiger partial charge in [-0.05, 0) is 43.3 Å². The fraction of sp³-hybridized carbons (Fsp3) is 0.300. The van der Waals surface area contributed by atoms with E-state index in [1.165, 1.54) is 11.3 Å². The molecule has 0 unspecified atom stereocenters. The Morgan fingerprint density at radius 1 is 1.17 bits per heavy atom. The average Bonchev–Trinajstić information content (AvgIpc) is 3.37. The minimum absolute atomic E-state index is 0.181. The first-order valence-electron chi connectivity index (χ1n) is 9.52. The van der Waals surface area contributed by atoms with Gasteiger partial charge in [-0.3, -0.25) is 4.79 Å². The molecule has 2 aromatic heterocycles. The number of nitrogens with one attached hydrogen (secondary N) is 1. The minimum Gasteiger partial charge on any atom is -0.338 e. The number of para-hydroxylation sites is 1. The van der Waals surface area contributed by atoms with Crippen LogP contribution in [-0.4, -0.2) is 48.1 Å². The van der Waals surface area contributed by atoms with Gasteiger partial charge in [-0.1, -0.05) is 35.9 Å². The van der Waals surface area contributed by atoms with Gasteiger partial charge in [-0.15, -0.1) is 11.3 Å². The molecule has 1 amide bonds. The number of carbonyl (C=O) groups is 1. The molecule has 7 nitrogen and oxygen atoms in total. The zero-order valence-corrected chi connectivity index (χ0v) is 18.7. The zero-order valence-electron chi connectivity index (χ0n) is 16.3. The molecule has 0 bridgehead atoms. The lowest BCUT2D eigenvalue weighted by atomic mass is 10.1. The van der Waals surface area contributed by atoms with Crippen LogP contribution in [0.1, 0.15) is 28.9 Å². The van der Waals surface area contributed by atoms with Gasteiger partial charge in [0.1, 0.15) is 9.36 Å². The van der Waals surface area contributed by atoms with E-state index in [1.54, 1.807) is 34.0 Å². The maximum atomic E-state index is 13.1. The number of nitrogens with zero attached hydrogens (tertiary/aromatic N) is 3. The quantitative estimate of drug-likeness (QED) is 0.626. The van der Waals surface area contributed by atoms with Gasteiger partial charge in [-0.2, -0.15) is 5.10 Å². The van der Waals surface area contributed by atoms with E-state index in [0.29, 0.717) is 41.4 Å². The average molecular weight is 465 g/mol. The summed E-state index contributed by atoms with van der Waals surface area (Å²) in [6.45, 7) is 2.66. The normalized spacial score (nSPS) is 15.5. The Bertz CT molecular complexity index is 1140. The highest BCUT2D eigenvalue weighted by Gasteiger charge is 2.30. The van der Waals surface area contributed by atoms with Crippen molar-refractivity contribution in [1.29, 1.82) is 0 Å². The topological polar surface area (TPSA) is 84.3 Å². The first kappa shape index (κ1) is 21.0. The van der Waals surface area contributed by atoms with Crippen molar-refractivity contribution in [2.75, 3.05) is 13.1 Å². The van der Waals surface area contributed by atoms with Gasteiger partial charge in [0.05, 0.1) is 16.9 Å². The van der Waals surface area contributed by atoms with Crippen molar-refractivity contribution in [3.63, 3.8) is 0 Å². The molecular formula is C20H21ClN4O3S2. The van der Waals surface area contributed by atoms with E-state index in [2.05, 4.69) is 9.82 Å². The lowest BCUT2D eigenvalue weighted by Gasteiger charge is -2.32. The number of hydrogen-bond donors (Lipinski definition) is 1. The molecular weight excluding hydrogens is 444 g/mol. The number of benzene rings is 1. The number of piperidine rings is 1. The molecule has 30 heavy (non-hydrogen) atoms. The maximum Gasteiger partial charge on any atom is 0.258 e. The Balaban J connectivity index is 1.45. The molecule has 10 heteroatoms. The van der Waals surface area contributed by atoms with Crippen molar-refractivity contribution in [1.82, 2.24) is 19.4 Å². The van der Waals surface area contributed by atoms with Crippen LogP contribution in [0, 0.1) is 6.92 Å². The largest absolute Gasteiger partial charge is 0.338 e. The van der Waals surface area contributed by atoms with Gasteiger partial charge in [0, 0.05) is 19.1 Å². The van der Waals surface area contributed by atoms with Crippen LogP contribution in [0.15, 0.2) is 52.1 Å². The van der Waals surface area contributed by atoms with E-state index in [-0.39, 0.29) is 17.1 Å². The smallest absolute Gasteiger partial charge is 0.258 e. The van der Waals surface area contributed by atoms with E-state index < -0.39 is 10.0 Å². The predicted molar refractivity (Wildman–Crippen MR) is 117 cm³/mol. The van der Waals surface area contributed by atoms with Gasteiger partial charge < -0.3 is 4.90 Å². The molecule has 1 saturated heterocycles. The first-order chi connectivity index (χ1) is 14.4. The van der Waals surface area contributed by atoms with Crippen LogP contribution in [0.25, 0.3) is 5.69 Å². The van der Waals surface area contributed by atoms with Gasteiger partial charge in [0.2, 0.25) is 10.0 Å². The Kier molecular flexibility index (Phi) is 5.97. The number of sulfonamides is 1. The van der Waals surface area contributed by atoms with Crippen molar-refractivity contribution >= 4 is 38.9 Å². The third-order valence-electron chi connectivity index (χ3n) is 5.08. The number of halogens is 1. The summed E-state index contributed by atoms with van der Waals surface area (Å²) in [4.78, 5) is 14.8. The molecule has 1 fully saturated rings. The van der Waals surface area contributed by atoms with Gasteiger partial charge in [0.25, 0.3) is 5.91 Å². The monoisotopic (exact) mass is 464 g/mol. The van der Waals surface area contributed by atoms with Gasteiger partial charge >= 0.3 is 0 Å². The molecule has 1 aliphatic rings. The Hall–Kier alpha value is -2.20. The number of aryl methyl sites for hydroxylation is 1. The summed E-state index contributed by atoms with van der Waals surface area (Å²) in [6, 6.07) is 12.5. The standard InChI is InChI=1S/C20H21ClN4O3S2/c1-14-18(19(21)25(22-14)16-6-3-2-4-7-16)20(26)24-11-9-15(10-12-24)23-30(27,28)17-8-5-13-29-17/h2-8,13,15,23H,9-12H2,1H3. The molecule has 1 aromatic carbocycles. The lowest BCUT2D eigenvalue weighted by Crippen LogP contribution is -2.46. The first-order valence-corrected chi connectivity index (χ1v) is 12.3. The van der Waals surface area contributed by atoms with Gasteiger partial charge in [-0.25, -0.2) is 17.8 Å². The highest BCUT2D eigenvalue weighted by molar-refractivity contribution is 7.91. The summed E-state index contributed by atoms with van der Waals surface area (Å²) in [6.07, 6.45) is 1.08. The second-order valence-corrected chi connectivity index (χ2v) is 10.4. The number of hydrogen-bond acceptors (Lipinski definition) is 5. The third kappa shape index (κ3) is 4.15. The summed E-state index contributed by atoms with van der Waals surface area (Å²) in [5.41, 5.74) is 1.74. The number of likely N-dealkylation sites (tertiary alicyclic amines) is 1. The molecule has 0 radical (unpaired) electrons. The molecule has 1 aliphatic heterocycles. The van der Waals surface area contributed by atoms with Crippen LogP contribution in [0.2, 0.25) is 5.15 Å². The van der Waals surface area contributed by atoms with E-state index in [1.807, 2.05) is 30.3 Å². The molecule has 0 saturated carbocycles. The Morgan fingerprint density at radius 2 is 1.87 bits per heavy atom. The summed E-state index contributed by atoms with van der Waals surface area (Å²) in [5.74, 6) is -0.181. The summed E-state index contributed by atoms with van der Waals surface area (Å²) in [5, 5.41) is 6.45. The number of aromatic nitrogens is 2. The van der Waals surface area contributed by atoms with Crippen molar-refractivity contribution < 1.29 is 13.2 Å². The molecule has 3 heterocycles. The lowest BCUT2D eigenvalue weighted by molar-refractivity contribution is 0.0711. The van der Waals surface area contributed by atoms with Crippen LogP contribution in [0.5, 0.6) is 0 Å². The minimum atomic E-state index is -3.52. The van der Waals surface area contributed by atoms with Crippen LogP contribution in [-0.2, 0) is 10.0 Å². The van der Waals surface area contributed by atoms with E-state index in [4.69, 9.17) is 11.6 Å². The fourth-order valence-corrected chi connectivity index (χ4v) is 6.20. The number of carbonyl (C=O) groups excluding carboxylic acids is 1. The number of amides is 1. The highest BCUT2D eigenvalue weighted by Crippen LogP contribution is 2.26. The van der Waals surface area contributed by atoms with Crippen LogP contribution < -0.4 is 4.72 Å². The maximum absolute atomic E-state index is 13.1. The van der Waals surface area contributed by atoms with E-state index in [0.717, 1.165) is 5.69 Å². The second kappa shape index (κ2) is 8.50. The van der Waals surface area contributed by atoms with E-state index >= 15 is 0 Å². The third-order valence-corrected chi connectivity index (χ3v) is 8.35. The van der Waals surface area contributed by atoms with Crippen LogP contribution >= 0.6 is 22.9 Å². The van der Waals surface area contributed by atoms with Crippen molar-refractivity contribution in [3.05, 3.63) is 64.3 Å². The predicted octanol–water partition coefficient (Wildman–Crippen LogP) is 3.48. The molecule has 158 valence electrons.